The molecule has 0 aromatic heterocycles. The normalized spacial score (nSPS) is 19.0. The molecule has 0 aromatic rings. The van der Waals surface area contributed by atoms with Gasteiger partial charge >= 0.3 is 12.1 Å². The largest absolute Gasteiger partial charge is 0.453 e. The molecule has 1 heterocycles. The summed E-state index contributed by atoms with van der Waals surface area (Å²) in [6.07, 6.45) is 4.41. The summed E-state index contributed by atoms with van der Waals surface area (Å²) >= 11 is 0. The van der Waals surface area contributed by atoms with Crippen LogP contribution in [-0.4, -0.2) is 38.0 Å². The van der Waals surface area contributed by atoms with Crippen molar-refractivity contribution < 1.29 is 31.4 Å². The van der Waals surface area contributed by atoms with E-state index in [1.165, 1.54) is 6.42 Å². The van der Waals surface area contributed by atoms with Crippen LogP contribution in [0, 0.1) is 0 Å². The fourth-order valence-electron chi connectivity index (χ4n) is 3.11. The van der Waals surface area contributed by atoms with Gasteiger partial charge in [0.1, 0.15) is 0 Å². The summed E-state index contributed by atoms with van der Waals surface area (Å²) in [6, 6.07) is 0. The third kappa shape index (κ3) is 10.7. The van der Waals surface area contributed by atoms with Gasteiger partial charge in [-0.3, -0.25) is 0 Å². The van der Waals surface area contributed by atoms with E-state index in [2.05, 4.69) is 0 Å². The molecule has 1 fully saturated rings. The fourth-order valence-corrected chi connectivity index (χ4v) is 3.11. The van der Waals surface area contributed by atoms with Gasteiger partial charge in [-0.15, -0.1) is 0 Å². The van der Waals surface area contributed by atoms with Crippen molar-refractivity contribution in [1.82, 2.24) is 0 Å². The van der Waals surface area contributed by atoms with Crippen molar-refractivity contribution in [2.75, 3.05) is 19.8 Å². The average Bonchev–Trinajstić information content (AvgIpc) is 2.59. The van der Waals surface area contributed by atoms with E-state index in [4.69, 9.17) is 9.47 Å². The maximum atomic E-state index is 12.7. The second kappa shape index (κ2) is 12.9. The zero-order valence-electron chi connectivity index (χ0n) is 15.6. The summed E-state index contributed by atoms with van der Waals surface area (Å²) in [4.78, 5) is 0. The first-order valence-corrected chi connectivity index (χ1v) is 9.97. The lowest BCUT2D eigenvalue weighted by atomic mass is 10.0. The smallest absolute Gasteiger partial charge is 0.381 e. The average molecular weight is 388 g/mol. The first kappa shape index (κ1) is 23.6. The zero-order valence-corrected chi connectivity index (χ0v) is 15.6. The molecule has 1 aliphatic rings. The molecule has 2 nitrogen and oxygen atoms in total. The molecule has 1 atom stereocenters. The minimum atomic E-state index is -5.42. The van der Waals surface area contributed by atoms with Crippen molar-refractivity contribution in [3.8, 4) is 0 Å². The van der Waals surface area contributed by atoms with E-state index in [9.17, 15) is 22.0 Å². The highest BCUT2D eigenvalue weighted by Crippen LogP contribution is 2.39. The van der Waals surface area contributed by atoms with E-state index in [1.54, 1.807) is 0 Å². The predicted octanol–water partition coefficient (Wildman–Crippen LogP) is 6.67. The topological polar surface area (TPSA) is 18.5 Å². The van der Waals surface area contributed by atoms with E-state index in [1.807, 2.05) is 0 Å². The number of rotatable bonds is 14. The Morgan fingerprint density at radius 2 is 1.38 bits per heavy atom. The van der Waals surface area contributed by atoms with Crippen LogP contribution >= 0.6 is 0 Å². The Morgan fingerprint density at radius 3 is 1.96 bits per heavy atom. The highest BCUT2D eigenvalue weighted by Gasteiger charge is 2.56. The monoisotopic (exact) mass is 388 g/mol. The van der Waals surface area contributed by atoms with E-state index in [0.29, 0.717) is 18.9 Å². The van der Waals surface area contributed by atoms with Crippen LogP contribution in [0.3, 0.4) is 0 Å². The van der Waals surface area contributed by atoms with Crippen LogP contribution in [0.15, 0.2) is 0 Å². The van der Waals surface area contributed by atoms with Crippen molar-refractivity contribution in [2.24, 2.45) is 0 Å². The molecule has 7 heteroatoms. The molecule has 1 unspecified atom stereocenters. The van der Waals surface area contributed by atoms with Gasteiger partial charge in [0.2, 0.25) is 0 Å². The van der Waals surface area contributed by atoms with Crippen molar-refractivity contribution in [3.05, 3.63) is 0 Å². The van der Waals surface area contributed by atoms with Crippen LogP contribution in [0.25, 0.3) is 0 Å². The van der Waals surface area contributed by atoms with Crippen molar-refractivity contribution in [3.63, 3.8) is 0 Å². The minimum Gasteiger partial charge on any atom is -0.381 e. The molecule has 0 radical (unpaired) electrons. The molecule has 0 aromatic carbocycles. The third-order valence-corrected chi connectivity index (χ3v) is 4.80. The zero-order chi connectivity index (χ0) is 19.3. The van der Waals surface area contributed by atoms with E-state index >= 15 is 0 Å². The van der Waals surface area contributed by atoms with Gasteiger partial charge in [0.05, 0.1) is 6.10 Å². The van der Waals surface area contributed by atoms with Gasteiger partial charge < -0.3 is 9.47 Å². The maximum Gasteiger partial charge on any atom is 0.453 e. The van der Waals surface area contributed by atoms with Gasteiger partial charge in [-0.25, -0.2) is 0 Å². The standard InChI is InChI=1S/C19H33F5O2/c20-18(21,19(22,23)24)13-8-5-3-1-2-4-6-9-14-25-16-12-17-11-7-10-15-26-17/h17H,1-16H2. The highest BCUT2D eigenvalue weighted by atomic mass is 19.4. The van der Waals surface area contributed by atoms with E-state index < -0.39 is 18.5 Å². The first-order chi connectivity index (χ1) is 12.3. The summed E-state index contributed by atoms with van der Waals surface area (Å²) in [5.74, 6) is -4.55. The summed E-state index contributed by atoms with van der Waals surface area (Å²) in [5, 5.41) is 0. The lowest BCUT2D eigenvalue weighted by molar-refractivity contribution is -0.284. The first-order valence-electron chi connectivity index (χ1n) is 9.97. The van der Waals surface area contributed by atoms with Gasteiger partial charge in [-0.05, 0) is 38.5 Å². The molecule has 0 saturated carbocycles. The Balaban J connectivity index is 1.79. The van der Waals surface area contributed by atoms with Gasteiger partial charge in [0, 0.05) is 26.2 Å². The van der Waals surface area contributed by atoms with Crippen LogP contribution in [0.5, 0.6) is 0 Å². The summed E-state index contributed by atoms with van der Waals surface area (Å²) in [5.41, 5.74) is 0. The Kier molecular flexibility index (Phi) is 11.7. The third-order valence-electron chi connectivity index (χ3n) is 4.80. The van der Waals surface area contributed by atoms with Crippen LogP contribution in [0.1, 0.15) is 83.5 Å². The molecule has 156 valence electrons. The maximum absolute atomic E-state index is 12.7. The quantitative estimate of drug-likeness (QED) is 0.244. The molecule has 26 heavy (non-hydrogen) atoms. The Morgan fingerprint density at radius 1 is 0.769 bits per heavy atom. The Hall–Kier alpha value is -0.430. The van der Waals surface area contributed by atoms with E-state index in [-0.39, 0.29) is 6.42 Å². The summed E-state index contributed by atoms with van der Waals surface area (Å²) in [7, 11) is 0. The molecule has 1 rings (SSSR count). The van der Waals surface area contributed by atoms with Crippen molar-refractivity contribution in [1.29, 1.82) is 0 Å². The van der Waals surface area contributed by atoms with Crippen LogP contribution in [0.2, 0.25) is 0 Å². The van der Waals surface area contributed by atoms with Crippen molar-refractivity contribution >= 4 is 0 Å². The summed E-state index contributed by atoms with van der Waals surface area (Å²) in [6.45, 7) is 2.36. The van der Waals surface area contributed by atoms with Gasteiger partial charge in [-0.1, -0.05) is 38.5 Å². The van der Waals surface area contributed by atoms with Gasteiger partial charge in [0.25, 0.3) is 0 Å². The lowest BCUT2D eigenvalue weighted by Crippen LogP contribution is -2.36. The highest BCUT2D eigenvalue weighted by molar-refractivity contribution is 4.75. The van der Waals surface area contributed by atoms with Crippen LogP contribution in [-0.2, 0) is 9.47 Å². The van der Waals surface area contributed by atoms with Crippen LogP contribution in [0.4, 0.5) is 22.0 Å². The van der Waals surface area contributed by atoms with E-state index in [0.717, 1.165) is 71.2 Å². The molecule has 0 amide bonds. The Bertz CT molecular complexity index is 341. The fraction of sp³-hybridized carbons (Fsp3) is 1.00. The molecule has 1 aliphatic heterocycles. The second-order valence-corrected chi connectivity index (χ2v) is 7.17. The molecule has 0 N–H and O–H groups in total. The number of ether oxygens (including phenoxy) is 2. The summed E-state index contributed by atoms with van der Waals surface area (Å²) < 4.78 is 72.6. The molecule has 1 saturated heterocycles. The molecule has 0 aliphatic carbocycles. The number of unbranched alkanes of at least 4 members (excludes halogenated alkanes) is 7. The molecule has 0 bridgehead atoms. The van der Waals surface area contributed by atoms with Crippen molar-refractivity contribution in [2.45, 2.75) is 102 Å². The van der Waals surface area contributed by atoms with Gasteiger partial charge in [-0.2, -0.15) is 22.0 Å². The number of hydrogen-bond donors (Lipinski definition) is 0. The number of halogens is 5. The Labute approximate surface area is 153 Å². The number of hydrogen-bond acceptors (Lipinski definition) is 2. The number of alkyl halides is 5. The minimum absolute atomic E-state index is 0.0783. The molecule has 0 spiro atoms. The SMILES string of the molecule is FC(F)(F)C(F)(F)CCCCCCCCCCOCCC1CCCCO1. The predicted molar refractivity (Wildman–Crippen MR) is 91.6 cm³/mol. The second-order valence-electron chi connectivity index (χ2n) is 7.17. The lowest BCUT2D eigenvalue weighted by Gasteiger charge is -2.22. The van der Waals surface area contributed by atoms with Crippen LogP contribution < -0.4 is 0 Å². The molecular formula is C19H33F5O2. The van der Waals surface area contributed by atoms with Gasteiger partial charge in [0.15, 0.2) is 0 Å². The molecular weight excluding hydrogens is 355 g/mol.